The Balaban J connectivity index is 1.50. The molecular weight excluding hydrogens is 422 g/mol. The number of pyridine rings is 1. The lowest BCUT2D eigenvalue weighted by atomic mass is 10.0. The summed E-state index contributed by atoms with van der Waals surface area (Å²) < 4.78 is 27.7. The first-order valence-electron chi connectivity index (χ1n) is 10.4. The van der Waals surface area contributed by atoms with Gasteiger partial charge in [0.2, 0.25) is 10.0 Å². The molecule has 0 radical (unpaired) electrons. The minimum atomic E-state index is -3.61. The van der Waals surface area contributed by atoms with Gasteiger partial charge in [0.05, 0.1) is 21.7 Å². The van der Waals surface area contributed by atoms with Gasteiger partial charge in [-0.1, -0.05) is 54.6 Å². The van der Waals surface area contributed by atoms with Crippen molar-refractivity contribution in [2.24, 2.45) is 0 Å². The number of anilines is 1. The minimum absolute atomic E-state index is 0.0119. The fraction of sp³-hybridized carbons (Fsp3) is 0.120. The number of benzene rings is 3. The van der Waals surface area contributed by atoms with Crippen LogP contribution in [0.1, 0.15) is 23.2 Å². The quantitative estimate of drug-likeness (QED) is 0.456. The van der Waals surface area contributed by atoms with Crippen molar-refractivity contribution in [2.75, 3.05) is 5.32 Å². The summed E-state index contributed by atoms with van der Waals surface area (Å²) in [6, 6.07) is 25.2. The van der Waals surface area contributed by atoms with E-state index >= 15 is 0 Å². The van der Waals surface area contributed by atoms with Crippen LogP contribution >= 0.6 is 0 Å². The highest BCUT2D eigenvalue weighted by molar-refractivity contribution is 7.89. The Morgan fingerprint density at radius 2 is 1.62 bits per heavy atom. The van der Waals surface area contributed by atoms with E-state index in [2.05, 4.69) is 10.0 Å². The number of aromatic nitrogens is 1. The number of rotatable bonds is 6. The maximum absolute atomic E-state index is 13.3. The lowest BCUT2D eigenvalue weighted by Crippen LogP contribution is -2.25. The van der Waals surface area contributed by atoms with E-state index in [4.69, 9.17) is 4.98 Å². The Bertz CT molecular complexity index is 1420. The second kappa shape index (κ2) is 8.18. The van der Waals surface area contributed by atoms with Crippen molar-refractivity contribution >= 4 is 32.5 Å². The van der Waals surface area contributed by atoms with E-state index in [1.54, 1.807) is 18.2 Å². The molecule has 7 heteroatoms. The molecule has 160 valence electrons. The van der Waals surface area contributed by atoms with Gasteiger partial charge in [-0.25, -0.2) is 18.1 Å². The molecule has 1 aliphatic carbocycles. The predicted octanol–water partition coefficient (Wildman–Crippen LogP) is 4.59. The van der Waals surface area contributed by atoms with E-state index in [1.807, 2.05) is 54.6 Å². The molecule has 5 rings (SSSR count). The summed E-state index contributed by atoms with van der Waals surface area (Å²) in [6.07, 6.45) is 1.71. The number of fused-ring (bicyclic) bond motifs is 1. The molecule has 1 aliphatic rings. The summed E-state index contributed by atoms with van der Waals surface area (Å²) in [4.78, 5) is 18.1. The van der Waals surface area contributed by atoms with Crippen LogP contribution < -0.4 is 10.0 Å². The number of nitrogens with zero attached hydrogens (tertiary/aromatic N) is 1. The first-order chi connectivity index (χ1) is 15.5. The highest BCUT2D eigenvalue weighted by atomic mass is 32.2. The third kappa shape index (κ3) is 4.26. The lowest BCUT2D eigenvalue weighted by Gasteiger charge is -2.12. The van der Waals surface area contributed by atoms with Crippen LogP contribution in [0, 0.1) is 0 Å². The second-order valence-corrected chi connectivity index (χ2v) is 9.53. The molecule has 1 saturated carbocycles. The summed E-state index contributed by atoms with van der Waals surface area (Å²) in [5, 5.41) is 3.58. The van der Waals surface area contributed by atoms with Crippen molar-refractivity contribution in [1.82, 2.24) is 9.71 Å². The van der Waals surface area contributed by atoms with Crippen molar-refractivity contribution in [3.8, 4) is 11.3 Å². The van der Waals surface area contributed by atoms with E-state index in [0.717, 1.165) is 23.8 Å². The first-order valence-corrected chi connectivity index (χ1v) is 11.9. The maximum Gasteiger partial charge on any atom is 0.256 e. The van der Waals surface area contributed by atoms with Gasteiger partial charge < -0.3 is 5.32 Å². The molecule has 4 aromatic rings. The van der Waals surface area contributed by atoms with Crippen LogP contribution in [0.3, 0.4) is 0 Å². The molecule has 0 saturated heterocycles. The Kier molecular flexibility index (Phi) is 5.20. The molecule has 1 amide bonds. The zero-order valence-electron chi connectivity index (χ0n) is 17.2. The normalized spacial score (nSPS) is 13.8. The second-order valence-electron chi connectivity index (χ2n) is 7.82. The number of hydrogen-bond acceptors (Lipinski definition) is 4. The van der Waals surface area contributed by atoms with Crippen molar-refractivity contribution in [2.45, 2.75) is 23.8 Å². The largest absolute Gasteiger partial charge is 0.322 e. The highest BCUT2D eigenvalue weighted by Gasteiger charge is 2.28. The van der Waals surface area contributed by atoms with Crippen LogP contribution in [0.5, 0.6) is 0 Å². The zero-order valence-corrected chi connectivity index (χ0v) is 18.0. The van der Waals surface area contributed by atoms with Gasteiger partial charge in [-0.15, -0.1) is 0 Å². The molecule has 3 aromatic carbocycles. The molecule has 0 spiro atoms. The summed E-state index contributed by atoms with van der Waals surface area (Å²) in [6.45, 7) is 0. The number of carbonyl (C=O) groups is 1. The number of hydrogen-bond donors (Lipinski definition) is 2. The van der Waals surface area contributed by atoms with Crippen LogP contribution in [-0.4, -0.2) is 25.4 Å². The molecule has 6 nitrogen and oxygen atoms in total. The molecule has 0 unspecified atom stereocenters. The van der Waals surface area contributed by atoms with E-state index < -0.39 is 10.0 Å². The molecule has 1 aromatic heterocycles. The molecule has 32 heavy (non-hydrogen) atoms. The van der Waals surface area contributed by atoms with Crippen LogP contribution in [-0.2, 0) is 10.0 Å². The standard InChI is InChI=1S/C25H21N3O3S/c29-25(26-19-9-6-10-20(15-19)32(30,31)28-18-13-14-18)22-16-24(17-7-2-1-3-8-17)27-23-12-5-4-11-21(22)23/h1-12,15-16,18,28H,13-14H2,(H,26,29). The fourth-order valence-electron chi connectivity index (χ4n) is 3.55. The molecule has 0 bridgehead atoms. The maximum atomic E-state index is 13.3. The summed E-state index contributed by atoms with van der Waals surface area (Å²) in [5.74, 6) is -0.328. The third-order valence-corrected chi connectivity index (χ3v) is 6.85. The van der Waals surface area contributed by atoms with Gasteiger partial charge in [0, 0.05) is 22.7 Å². The lowest BCUT2D eigenvalue weighted by molar-refractivity contribution is 0.102. The molecule has 0 aliphatic heterocycles. The topological polar surface area (TPSA) is 88.2 Å². The van der Waals surface area contributed by atoms with Crippen molar-refractivity contribution in [3.05, 3.63) is 90.5 Å². The number of sulfonamides is 1. The summed E-state index contributed by atoms with van der Waals surface area (Å²) in [5.41, 5.74) is 3.20. The van der Waals surface area contributed by atoms with E-state index in [9.17, 15) is 13.2 Å². The van der Waals surface area contributed by atoms with Crippen molar-refractivity contribution < 1.29 is 13.2 Å². The van der Waals surface area contributed by atoms with E-state index in [0.29, 0.717) is 22.5 Å². The van der Waals surface area contributed by atoms with Gasteiger partial charge >= 0.3 is 0 Å². The molecular formula is C25H21N3O3S. The summed E-state index contributed by atoms with van der Waals surface area (Å²) >= 11 is 0. The van der Waals surface area contributed by atoms with Gasteiger partial charge in [-0.3, -0.25) is 4.79 Å². The number of carbonyl (C=O) groups excluding carboxylic acids is 1. The van der Waals surface area contributed by atoms with Crippen molar-refractivity contribution in [3.63, 3.8) is 0 Å². The van der Waals surface area contributed by atoms with Gasteiger partial charge in [0.25, 0.3) is 5.91 Å². The minimum Gasteiger partial charge on any atom is -0.322 e. The van der Waals surface area contributed by atoms with Gasteiger partial charge in [0.1, 0.15) is 0 Å². The Morgan fingerprint density at radius 1 is 0.875 bits per heavy atom. The van der Waals surface area contributed by atoms with E-state index in [1.165, 1.54) is 12.1 Å². The fourth-order valence-corrected chi connectivity index (χ4v) is 4.90. The number of nitrogens with one attached hydrogen (secondary N) is 2. The van der Waals surface area contributed by atoms with Crippen LogP contribution in [0.15, 0.2) is 89.8 Å². The van der Waals surface area contributed by atoms with Crippen LogP contribution in [0.25, 0.3) is 22.2 Å². The molecule has 1 fully saturated rings. The monoisotopic (exact) mass is 443 g/mol. The zero-order chi connectivity index (χ0) is 22.1. The SMILES string of the molecule is O=C(Nc1cccc(S(=O)(=O)NC2CC2)c1)c1cc(-c2ccccc2)nc2ccccc12. The third-order valence-electron chi connectivity index (χ3n) is 5.33. The summed E-state index contributed by atoms with van der Waals surface area (Å²) in [7, 11) is -3.61. The molecule has 0 atom stereocenters. The van der Waals surface area contributed by atoms with Crippen LogP contribution in [0.4, 0.5) is 5.69 Å². The smallest absolute Gasteiger partial charge is 0.256 e. The van der Waals surface area contributed by atoms with Gasteiger partial charge in [-0.05, 0) is 43.2 Å². The average molecular weight is 444 g/mol. The number of para-hydroxylation sites is 1. The predicted molar refractivity (Wildman–Crippen MR) is 125 cm³/mol. The Hall–Kier alpha value is -3.55. The van der Waals surface area contributed by atoms with E-state index in [-0.39, 0.29) is 16.8 Å². The average Bonchev–Trinajstić information content (AvgIpc) is 3.62. The Labute approximate surface area is 186 Å². The Morgan fingerprint density at radius 3 is 2.41 bits per heavy atom. The van der Waals surface area contributed by atoms with Crippen LogP contribution in [0.2, 0.25) is 0 Å². The number of amides is 1. The first kappa shape index (κ1) is 20.4. The highest BCUT2D eigenvalue weighted by Crippen LogP contribution is 2.27. The van der Waals surface area contributed by atoms with Gasteiger partial charge in [0.15, 0.2) is 0 Å². The van der Waals surface area contributed by atoms with Gasteiger partial charge in [-0.2, -0.15) is 0 Å². The molecule has 2 N–H and O–H groups in total. The van der Waals surface area contributed by atoms with Crippen molar-refractivity contribution in [1.29, 1.82) is 0 Å². The molecule has 1 heterocycles.